The summed E-state index contributed by atoms with van der Waals surface area (Å²) in [5.41, 5.74) is 0.920. The van der Waals surface area contributed by atoms with Crippen molar-refractivity contribution in [2.75, 3.05) is 7.05 Å². The van der Waals surface area contributed by atoms with Gasteiger partial charge in [0.25, 0.3) is 0 Å². The summed E-state index contributed by atoms with van der Waals surface area (Å²) in [5.74, 6) is 0.0925. The fraction of sp³-hybridized carbons (Fsp3) is 0.500. The maximum Gasteiger partial charge on any atom is 0.238 e. The number of hydrogen-bond acceptors (Lipinski definition) is 3. The number of nitrogens with two attached hydrogens (primary N) is 1. The first-order valence-corrected chi connectivity index (χ1v) is 8.17. The lowest BCUT2D eigenvalue weighted by Crippen LogP contribution is -2.34. The SMILES string of the molecule is CCC(C)N(C)C(=O)CCc1ccc(S(N)(=O)=O)cc1. The van der Waals surface area contributed by atoms with E-state index < -0.39 is 10.0 Å². The van der Waals surface area contributed by atoms with E-state index in [2.05, 4.69) is 0 Å². The quantitative estimate of drug-likeness (QED) is 0.864. The second-order valence-corrected chi connectivity index (χ2v) is 6.51. The van der Waals surface area contributed by atoms with Gasteiger partial charge < -0.3 is 4.90 Å². The monoisotopic (exact) mass is 298 g/mol. The molecule has 0 radical (unpaired) electrons. The van der Waals surface area contributed by atoms with Gasteiger partial charge >= 0.3 is 0 Å². The van der Waals surface area contributed by atoms with Gasteiger partial charge in [0.2, 0.25) is 15.9 Å². The molecule has 0 aromatic heterocycles. The highest BCUT2D eigenvalue weighted by Crippen LogP contribution is 2.11. The summed E-state index contributed by atoms with van der Waals surface area (Å²) in [7, 11) is -1.85. The van der Waals surface area contributed by atoms with Gasteiger partial charge in [0.1, 0.15) is 0 Å². The number of sulfonamides is 1. The molecule has 0 aliphatic carbocycles. The summed E-state index contributed by atoms with van der Waals surface area (Å²) in [5, 5.41) is 5.03. The zero-order chi connectivity index (χ0) is 15.3. The highest BCUT2D eigenvalue weighted by molar-refractivity contribution is 7.89. The third kappa shape index (κ3) is 4.61. The fourth-order valence-corrected chi connectivity index (χ4v) is 2.31. The largest absolute Gasteiger partial charge is 0.343 e. The van der Waals surface area contributed by atoms with E-state index in [0.29, 0.717) is 12.8 Å². The molecule has 0 saturated carbocycles. The third-order valence-corrected chi connectivity index (χ3v) is 4.45. The Morgan fingerprint density at radius 2 is 1.85 bits per heavy atom. The van der Waals surface area contributed by atoms with Gasteiger partial charge in [-0.05, 0) is 37.5 Å². The minimum absolute atomic E-state index is 0.0873. The minimum Gasteiger partial charge on any atom is -0.343 e. The second kappa shape index (κ2) is 6.85. The Bertz CT molecular complexity index is 552. The molecule has 0 aliphatic rings. The van der Waals surface area contributed by atoms with Crippen LogP contribution in [0.2, 0.25) is 0 Å². The van der Waals surface area contributed by atoms with E-state index in [1.165, 1.54) is 12.1 Å². The lowest BCUT2D eigenvalue weighted by atomic mass is 10.1. The second-order valence-electron chi connectivity index (χ2n) is 4.95. The summed E-state index contributed by atoms with van der Waals surface area (Å²) in [6, 6.07) is 6.54. The van der Waals surface area contributed by atoms with Crippen LogP contribution < -0.4 is 5.14 Å². The summed E-state index contributed by atoms with van der Waals surface area (Å²) in [6.45, 7) is 4.05. The molecule has 6 heteroatoms. The van der Waals surface area contributed by atoms with E-state index in [4.69, 9.17) is 5.14 Å². The number of primary sulfonamides is 1. The van der Waals surface area contributed by atoms with Crippen LogP contribution in [0.1, 0.15) is 32.3 Å². The molecule has 20 heavy (non-hydrogen) atoms. The van der Waals surface area contributed by atoms with Crippen molar-refractivity contribution < 1.29 is 13.2 Å². The highest BCUT2D eigenvalue weighted by atomic mass is 32.2. The molecule has 1 atom stereocenters. The van der Waals surface area contributed by atoms with Crippen LogP contribution in [-0.4, -0.2) is 32.3 Å². The Hall–Kier alpha value is -1.40. The number of carbonyl (C=O) groups excluding carboxylic acids is 1. The molecule has 0 heterocycles. The molecule has 1 aromatic carbocycles. The van der Waals surface area contributed by atoms with Crippen LogP contribution in [0.5, 0.6) is 0 Å². The first-order valence-electron chi connectivity index (χ1n) is 6.63. The first kappa shape index (κ1) is 16.7. The van der Waals surface area contributed by atoms with Gasteiger partial charge in [-0.2, -0.15) is 0 Å². The van der Waals surface area contributed by atoms with Gasteiger partial charge in [0, 0.05) is 19.5 Å². The van der Waals surface area contributed by atoms with Crippen molar-refractivity contribution in [3.8, 4) is 0 Å². The molecule has 0 aliphatic heterocycles. The first-order chi connectivity index (χ1) is 9.25. The predicted molar refractivity (Wildman–Crippen MR) is 78.7 cm³/mol. The molecule has 1 rings (SSSR count). The molecule has 0 spiro atoms. The number of benzene rings is 1. The Kier molecular flexibility index (Phi) is 5.71. The van der Waals surface area contributed by atoms with Gasteiger partial charge in [-0.15, -0.1) is 0 Å². The average Bonchev–Trinajstić information content (AvgIpc) is 2.42. The van der Waals surface area contributed by atoms with Crippen LogP contribution in [0.3, 0.4) is 0 Å². The Morgan fingerprint density at radius 3 is 2.30 bits per heavy atom. The molecule has 0 saturated heterocycles. The molecule has 1 amide bonds. The Balaban J connectivity index is 2.61. The van der Waals surface area contributed by atoms with Crippen LogP contribution in [0, 0.1) is 0 Å². The van der Waals surface area contributed by atoms with Crippen LogP contribution in [0.4, 0.5) is 0 Å². The number of hydrogen-bond donors (Lipinski definition) is 1. The molecular formula is C14H22N2O3S. The number of carbonyl (C=O) groups is 1. The standard InChI is InChI=1S/C14H22N2O3S/c1-4-11(2)16(3)14(17)10-7-12-5-8-13(9-6-12)20(15,18)19/h5-6,8-9,11H,4,7,10H2,1-3H3,(H2,15,18,19). The molecule has 112 valence electrons. The van der Waals surface area contributed by atoms with Crippen molar-refractivity contribution in [3.63, 3.8) is 0 Å². The van der Waals surface area contributed by atoms with Crippen molar-refractivity contribution in [2.45, 2.75) is 44.0 Å². The predicted octanol–water partition coefficient (Wildman–Crippen LogP) is 1.52. The van der Waals surface area contributed by atoms with Crippen molar-refractivity contribution in [1.82, 2.24) is 4.90 Å². The summed E-state index contributed by atoms with van der Waals surface area (Å²) < 4.78 is 22.2. The van der Waals surface area contributed by atoms with Crippen molar-refractivity contribution in [2.24, 2.45) is 5.14 Å². The van der Waals surface area contributed by atoms with Crippen LogP contribution in [0.15, 0.2) is 29.2 Å². The van der Waals surface area contributed by atoms with Crippen molar-refractivity contribution in [1.29, 1.82) is 0 Å². The molecule has 1 aromatic rings. The van der Waals surface area contributed by atoms with Crippen molar-refractivity contribution in [3.05, 3.63) is 29.8 Å². The lowest BCUT2D eigenvalue weighted by Gasteiger charge is -2.23. The van der Waals surface area contributed by atoms with E-state index in [1.807, 2.05) is 13.8 Å². The summed E-state index contributed by atoms with van der Waals surface area (Å²) in [4.78, 5) is 13.8. The fourth-order valence-electron chi connectivity index (χ4n) is 1.79. The lowest BCUT2D eigenvalue weighted by molar-refractivity contribution is -0.131. The smallest absolute Gasteiger partial charge is 0.238 e. The van der Waals surface area contributed by atoms with E-state index in [0.717, 1.165) is 12.0 Å². The van der Waals surface area contributed by atoms with Crippen LogP contribution >= 0.6 is 0 Å². The average molecular weight is 298 g/mol. The number of aryl methyl sites for hydroxylation is 1. The van der Waals surface area contributed by atoms with Gasteiger partial charge in [-0.1, -0.05) is 19.1 Å². The third-order valence-electron chi connectivity index (χ3n) is 3.52. The van der Waals surface area contributed by atoms with Gasteiger partial charge in [-0.25, -0.2) is 13.6 Å². The van der Waals surface area contributed by atoms with Crippen LogP contribution in [-0.2, 0) is 21.2 Å². The molecule has 2 N–H and O–H groups in total. The van der Waals surface area contributed by atoms with Gasteiger partial charge in [0.05, 0.1) is 4.90 Å². The minimum atomic E-state index is -3.65. The zero-order valence-electron chi connectivity index (χ0n) is 12.2. The maximum absolute atomic E-state index is 12.0. The number of rotatable bonds is 6. The highest BCUT2D eigenvalue weighted by Gasteiger charge is 2.14. The molecular weight excluding hydrogens is 276 g/mol. The normalized spacial score (nSPS) is 13.0. The summed E-state index contributed by atoms with van der Waals surface area (Å²) in [6.07, 6.45) is 1.92. The van der Waals surface area contributed by atoms with Crippen molar-refractivity contribution >= 4 is 15.9 Å². The Morgan fingerprint density at radius 1 is 1.30 bits per heavy atom. The Labute approximate surface area is 120 Å². The number of nitrogens with zero attached hydrogens (tertiary/aromatic N) is 1. The van der Waals surface area contributed by atoms with E-state index in [9.17, 15) is 13.2 Å². The van der Waals surface area contributed by atoms with E-state index in [1.54, 1.807) is 24.1 Å². The molecule has 0 bridgehead atoms. The molecule has 0 fully saturated rings. The number of amides is 1. The molecule has 1 unspecified atom stereocenters. The zero-order valence-corrected chi connectivity index (χ0v) is 13.0. The van der Waals surface area contributed by atoms with E-state index in [-0.39, 0.29) is 16.8 Å². The summed E-state index contributed by atoms with van der Waals surface area (Å²) >= 11 is 0. The maximum atomic E-state index is 12.0. The van der Waals surface area contributed by atoms with Crippen LogP contribution in [0.25, 0.3) is 0 Å². The van der Waals surface area contributed by atoms with Gasteiger partial charge in [-0.3, -0.25) is 4.79 Å². The molecule has 5 nitrogen and oxygen atoms in total. The van der Waals surface area contributed by atoms with Gasteiger partial charge in [0.15, 0.2) is 0 Å². The van der Waals surface area contributed by atoms with E-state index >= 15 is 0 Å². The topological polar surface area (TPSA) is 80.5 Å².